The smallest absolute Gasteiger partial charge is 0.251 e. The van der Waals surface area contributed by atoms with Gasteiger partial charge < -0.3 is 5.32 Å². The number of fused-ring (bicyclic) bond motifs is 2. The van der Waals surface area contributed by atoms with Gasteiger partial charge in [-0.15, -0.1) is 0 Å². The molecule has 2 aliphatic rings. The van der Waals surface area contributed by atoms with Gasteiger partial charge in [-0.1, -0.05) is 12.5 Å². The maximum atomic E-state index is 12.1. The molecule has 1 aromatic carbocycles. The van der Waals surface area contributed by atoms with Crippen molar-refractivity contribution in [3.8, 4) is 0 Å². The molecule has 0 spiro atoms. The van der Waals surface area contributed by atoms with Crippen LogP contribution in [0.25, 0.3) is 0 Å². The number of benzene rings is 1. The van der Waals surface area contributed by atoms with Crippen LogP contribution >= 0.6 is 22.6 Å². The highest BCUT2D eigenvalue weighted by Crippen LogP contribution is 2.44. The highest BCUT2D eigenvalue weighted by Gasteiger charge is 2.40. The summed E-state index contributed by atoms with van der Waals surface area (Å²) in [5.74, 6) is 1.72. The lowest BCUT2D eigenvalue weighted by Crippen LogP contribution is -2.38. The lowest BCUT2D eigenvalue weighted by atomic mass is 9.95. The Labute approximate surface area is 115 Å². The standard InChI is InChI=1S/C14H16INO/c15-12-3-1-2-11(8-12)14(17)16-13-7-9-4-5-10(13)6-9/h1-3,8-10,13H,4-7H2,(H,16,17). The van der Waals surface area contributed by atoms with Crippen LogP contribution in [0.4, 0.5) is 0 Å². The van der Waals surface area contributed by atoms with E-state index in [2.05, 4.69) is 27.9 Å². The minimum Gasteiger partial charge on any atom is -0.349 e. The molecule has 2 saturated carbocycles. The van der Waals surface area contributed by atoms with Crippen molar-refractivity contribution >= 4 is 28.5 Å². The van der Waals surface area contributed by atoms with Gasteiger partial charge in [0.15, 0.2) is 0 Å². The van der Waals surface area contributed by atoms with Crippen LogP contribution in [0.5, 0.6) is 0 Å². The Morgan fingerprint density at radius 1 is 1.29 bits per heavy atom. The molecule has 2 bridgehead atoms. The van der Waals surface area contributed by atoms with Crippen LogP contribution in [0, 0.1) is 15.4 Å². The first-order valence-electron chi connectivity index (χ1n) is 6.29. The van der Waals surface area contributed by atoms with E-state index in [0.29, 0.717) is 6.04 Å². The topological polar surface area (TPSA) is 29.1 Å². The average molecular weight is 341 g/mol. The van der Waals surface area contributed by atoms with E-state index in [0.717, 1.165) is 21.0 Å². The fourth-order valence-electron chi connectivity index (χ4n) is 3.30. The third-order valence-corrected chi connectivity index (χ3v) is 4.81. The molecule has 2 fully saturated rings. The number of carbonyl (C=O) groups excluding carboxylic acids is 1. The molecule has 0 heterocycles. The minimum absolute atomic E-state index is 0.0982. The maximum Gasteiger partial charge on any atom is 0.251 e. The summed E-state index contributed by atoms with van der Waals surface area (Å²) >= 11 is 2.24. The number of rotatable bonds is 2. The molecule has 3 unspecified atom stereocenters. The van der Waals surface area contributed by atoms with E-state index in [1.807, 2.05) is 24.3 Å². The van der Waals surface area contributed by atoms with E-state index in [4.69, 9.17) is 0 Å². The van der Waals surface area contributed by atoms with Crippen LogP contribution in [0.2, 0.25) is 0 Å². The van der Waals surface area contributed by atoms with Crippen LogP contribution in [0.15, 0.2) is 24.3 Å². The maximum absolute atomic E-state index is 12.1. The summed E-state index contributed by atoms with van der Waals surface area (Å²) in [6.45, 7) is 0. The van der Waals surface area contributed by atoms with Gasteiger partial charge in [0.25, 0.3) is 5.91 Å². The molecule has 2 aliphatic carbocycles. The third kappa shape index (κ3) is 2.34. The van der Waals surface area contributed by atoms with Gasteiger partial charge >= 0.3 is 0 Å². The van der Waals surface area contributed by atoms with Gasteiger partial charge in [-0.05, 0) is 71.9 Å². The Morgan fingerprint density at radius 3 is 2.82 bits per heavy atom. The van der Waals surface area contributed by atoms with Crippen molar-refractivity contribution in [2.45, 2.75) is 31.7 Å². The van der Waals surface area contributed by atoms with Crippen LogP contribution in [-0.4, -0.2) is 11.9 Å². The summed E-state index contributed by atoms with van der Waals surface area (Å²) in [6, 6.07) is 8.22. The second kappa shape index (κ2) is 4.59. The van der Waals surface area contributed by atoms with Crippen LogP contribution in [-0.2, 0) is 0 Å². The zero-order valence-electron chi connectivity index (χ0n) is 9.66. The molecule has 90 valence electrons. The SMILES string of the molecule is O=C(NC1CC2CCC1C2)c1cccc(I)c1. The van der Waals surface area contributed by atoms with Gasteiger partial charge in [-0.2, -0.15) is 0 Å². The normalized spacial score (nSPS) is 30.5. The highest BCUT2D eigenvalue weighted by molar-refractivity contribution is 14.1. The zero-order valence-corrected chi connectivity index (χ0v) is 11.8. The van der Waals surface area contributed by atoms with Crippen molar-refractivity contribution in [2.24, 2.45) is 11.8 Å². The van der Waals surface area contributed by atoms with E-state index in [-0.39, 0.29) is 5.91 Å². The summed E-state index contributed by atoms with van der Waals surface area (Å²) < 4.78 is 1.11. The largest absolute Gasteiger partial charge is 0.349 e. The number of amides is 1. The monoisotopic (exact) mass is 341 g/mol. The van der Waals surface area contributed by atoms with Crippen LogP contribution in [0.1, 0.15) is 36.0 Å². The van der Waals surface area contributed by atoms with E-state index in [1.165, 1.54) is 25.7 Å². The zero-order chi connectivity index (χ0) is 11.8. The first-order valence-corrected chi connectivity index (χ1v) is 7.36. The molecule has 3 atom stereocenters. The first-order chi connectivity index (χ1) is 8.22. The Bertz CT molecular complexity index is 446. The molecule has 17 heavy (non-hydrogen) atoms. The van der Waals surface area contributed by atoms with Crippen molar-refractivity contribution < 1.29 is 4.79 Å². The number of halogens is 1. The van der Waals surface area contributed by atoms with Gasteiger partial charge in [-0.3, -0.25) is 4.79 Å². The van der Waals surface area contributed by atoms with E-state index < -0.39 is 0 Å². The second-order valence-corrected chi connectivity index (χ2v) is 6.51. The Morgan fingerprint density at radius 2 is 2.18 bits per heavy atom. The van der Waals surface area contributed by atoms with E-state index >= 15 is 0 Å². The molecule has 0 radical (unpaired) electrons. The molecule has 1 N–H and O–H groups in total. The fourth-order valence-corrected chi connectivity index (χ4v) is 3.85. The van der Waals surface area contributed by atoms with E-state index in [9.17, 15) is 4.79 Å². The predicted molar refractivity (Wildman–Crippen MR) is 75.9 cm³/mol. The van der Waals surface area contributed by atoms with Gasteiger partial charge in [0.05, 0.1) is 0 Å². The van der Waals surface area contributed by atoms with Crippen LogP contribution in [0.3, 0.4) is 0 Å². The quantitative estimate of drug-likeness (QED) is 0.823. The van der Waals surface area contributed by atoms with Crippen LogP contribution < -0.4 is 5.32 Å². The molecule has 1 amide bonds. The van der Waals surface area contributed by atoms with Crippen molar-refractivity contribution in [1.82, 2.24) is 5.32 Å². The molecular formula is C14H16INO. The summed E-state index contributed by atoms with van der Waals surface area (Å²) in [5, 5.41) is 3.21. The van der Waals surface area contributed by atoms with Gasteiger partial charge in [0, 0.05) is 15.2 Å². The average Bonchev–Trinajstić information content (AvgIpc) is 2.91. The molecule has 3 rings (SSSR count). The highest BCUT2D eigenvalue weighted by atomic mass is 127. The number of carbonyl (C=O) groups is 1. The van der Waals surface area contributed by atoms with Gasteiger partial charge in [0.2, 0.25) is 0 Å². The fraction of sp³-hybridized carbons (Fsp3) is 0.500. The molecular weight excluding hydrogens is 325 g/mol. The summed E-state index contributed by atoms with van der Waals surface area (Å²) in [5.41, 5.74) is 0.791. The molecule has 2 nitrogen and oxygen atoms in total. The van der Waals surface area contributed by atoms with Gasteiger partial charge in [-0.25, -0.2) is 0 Å². The Kier molecular flexibility index (Phi) is 3.11. The lowest BCUT2D eigenvalue weighted by Gasteiger charge is -2.22. The molecule has 0 aliphatic heterocycles. The molecule has 1 aromatic rings. The summed E-state index contributed by atoms with van der Waals surface area (Å²) in [6.07, 6.45) is 5.21. The van der Waals surface area contributed by atoms with Crippen molar-refractivity contribution in [2.75, 3.05) is 0 Å². The summed E-state index contributed by atoms with van der Waals surface area (Å²) in [7, 11) is 0. The first kappa shape index (κ1) is 11.5. The van der Waals surface area contributed by atoms with Crippen molar-refractivity contribution in [3.05, 3.63) is 33.4 Å². The minimum atomic E-state index is 0.0982. The Hall–Kier alpha value is -0.580. The van der Waals surface area contributed by atoms with E-state index in [1.54, 1.807) is 0 Å². The molecule has 0 saturated heterocycles. The Balaban J connectivity index is 1.68. The second-order valence-electron chi connectivity index (χ2n) is 5.27. The summed E-state index contributed by atoms with van der Waals surface area (Å²) in [4.78, 5) is 12.1. The van der Waals surface area contributed by atoms with Crippen molar-refractivity contribution in [1.29, 1.82) is 0 Å². The molecule has 0 aromatic heterocycles. The number of nitrogens with one attached hydrogen (secondary N) is 1. The molecule has 3 heteroatoms. The third-order valence-electron chi connectivity index (χ3n) is 4.14. The predicted octanol–water partition coefficient (Wildman–Crippen LogP) is 3.21. The van der Waals surface area contributed by atoms with Crippen molar-refractivity contribution in [3.63, 3.8) is 0 Å². The van der Waals surface area contributed by atoms with Gasteiger partial charge in [0.1, 0.15) is 0 Å². The number of hydrogen-bond acceptors (Lipinski definition) is 1. The lowest BCUT2D eigenvalue weighted by molar-refractivity contribution is 0.0923. The number of hydrogen-bond donors (Lipinski definition) is 1.